The Kier molecular flexibility index (Phi) is 9.87. The van der Waals surface area contributed by atoms with E-state index < -0.39 is 24.1 Å². The molecule has 0 spiro atoms. The number of urea groups is 1. The van der Waals surface area contributed by atoms with Crippen LogP contribution in [0.5, 0.6) is 5.75 Å². The van der Waals surface area contributed by atoms with E-state index in [0.717, 1.165) is 23.3 Å². The molecule has 0 atom stereocenters. The average Bonchev–Trinajstić information content (AvgIpc) is 3.50. The maximum absolute atomic E-state index is 13.0. The molecule has 1 saturated heterocycles. The first-order valence-electron chi connectivity index (χ1n) is 14.6. The van der Waals surface area contributed by atoms with Crippen LogP contribution in [0.15, 0.2) is 65.7 Å². The Morgan fingerprint density at radius 3 is 2.40 bits per heavy atom. The second-order valence-electron chi connectivity index (χ2n) is 11.2. The summed E-state index contributed by atoms with van der Waals surface area (Å²) < 4.78 is 42.7. The van der Waals surface area contributed by atoms with E-state index in [-0.39, 0.29) is 39.0 Å². The molecule has 2 heterocycles. The summed E-state index contributed by atoms with van der Waals surface area (Å²) in [5.74, 6) is -0.522. The fourth-order valence-corrected chi connectivity index (χ4v) is 6.16. The summed E-state index contributed by atoms with van der Waals surface area (Å²) in [6, 6.07) is 14.6. The monoisotopic (exact) mass is 698 g/mol. The second-order valence-corrected chi connectivity index (χ2v) is 12.6. The first kappa shape index (κ1) is 34.5. The van der Waals surface area contributed by atoms with E-state index in [1.807, 2.05) is 39.0 Å². The van der Waals surface area contributed by atoms with Crippen molar-refractivity contribution in [1.29, 1.82) is 0 Å². The number of anilines is 3. The number of nitrogens with zero attached hydrogens (tertiary/aromatic N) is 4. The molecule has 1 aromatic heterocycles. The van der Waals surface area contributed by atoms with Crippen molar-refractivity contribution in [2.75, 3.05) is 21.3 Å². The molecule has 15 heteroatoms. The standard InChI is InChI=1S/C33H30ClF3N6O4S/c1-17(2)23-12-6-18(3)14-26(23)43-27(44)16-48-32(43)40-31(46)38-25-13-9-21(15-24(25)34)28-19(4)29(42(5)41-28)39-30(45)20-7-10-22(11-8-20)47-33(35,36)37/h6-15,17H,16H2,1-5H3,(H,38,46)(H,39,45)/b40-32-. The van der Waals surface area contributed by atoms with Gasteiger partial charge in [0.25, 0.3) is 5.91 Å². The highest BCUT2D eigenvalue weighted by Crippen LogP contribution is 2.35. The molecule has 0 radical (unpaired) electrons. The minimum atomic E-state index is -4.84. The fourth-order valence-electron chi connectivity index (χ4n) is 5.08. The lowest BCUT2D eigenvalue weighted by Gasteiger charge is -2.22. The summed E-state index contributed by atoms with van der Waals surface area (Å²) in [7, 11) is 1.62. The highest BCUT2D eigenvalue weighted by Gasteiger charge is 2.33. The zero-order valence-corrected chi connectivity index (χ0v) is 28.0. The highest BCUT2D eigenvalue weighted by atomic mass is 35.5. The van der Waals surface area contributed by atoms with E-state index in [1.165, 1.54) is 33.5 Å². The number of amides is 4. The molecule has 1 fully saturated rings. The molecule has 2 N–H and O–H groups in total. The van der Waals surface area contributed by atoms with Gasteiger partial charge in [-0.2, -0.15) is 10.1 Å². The number of thioether (sulfide) groups is 1. The number of ether oxygens (including phenoxy) is 1. The number of carbonyl (C=O) groups excluding carboxylic acids is 3. The maximum Gasteiger partial charge on any atom is 0.573 e. The van der Waals surface area contributed by atoms with Crippen LogP contribution in [0.1, 0.15) is 46.8 Å². The van der Waals surface area contributed by atoms with Gasteiger partial charge in [-0.1, -0.05) is 55.4 Å². The van der Waals surface area contributed by atoms with Crippen molar-refractivity contribution >= 4 is 63.6 Å². The molecule has 1 aliphatic heterocycles. The molecule has 3 aromatic carbocycles. The third kappa shape index (κ3) is 7.66. The molecule has 0 saturated carbocycles. The minimum Gasteiger partial charge on any atom is -0.406 e. The number of halogens is 4. The fraction of sp³-hybridized carbons (Fsp3) is 0.242. The summed E-state index contributed by atoms with van der Waals surface area (Å²) in [6.45, 7) is 7.73. The molecule has 0 aliphatic carbocycles. The average molecular weight is 699 g/mol. The lowest BCUT2D eigenvalue weighted by Crippen LogP contribution is -2.31. The van der Waals surface area contributed by atoms with Gasteiger partial charge >= 0.3 is 12.4 Å². The van der Waals surface area contributed by atoms with Gasteiger partial charge in [0, 0.05) is 23.7 Å². The van der Waals surface area contributed by atoms with E-state index >= 15 is 0 Å². The van der Waals surface area contributed by atoms with Crippen LogP contribution in [0.3, 0.4) is 0 Å². The van der Waals surface area contributed by atoms with Gasteiger partial charge in [0.05, 0.1) is 27.8 Å². The van der Waals surface area contributed by atoms with Crippen molar-refractivity contribution in [3.63, 3.8) is 0 Å². The van der Waals surface area contributed by atoms with Crippen molar-refractivity contribution in [2.24, 2.45) is 12.0 Å². The van der Waals surface area contributed by atoms with Crippen LogP contribution in [0.2, 0.25) is 5.02 Å². The first-order chi connectivity index (χ1) is 22.6. The number of aromatic nitrogens is 2. The number of aryl methyl sites for hydroxylation is 2. The van der Waals surface area contributed by atoms with E-state index in [4.69, 9.17) is 11.6 Å². The number of rotatable bonds is 7. The largest absolute Gasteiger partial charge is 0.573 e. The number of amidine groups is 1. The topological polar surface area (TPSA) is 118 Å². The molecule has 250 valence electrons. The molecular formula is C33H30ClF3N6O4S. The van der Waals surface area contributed by atoms with E-state index in [9.17, 15) is 27.6 Å². The third-order valence-electron chi connectivity index (χ3n) is 7.36. The van der Waals surface area contributed by atoms with Crippen molar-refractivity contribution in [2.45, 2.75) is 40.0 Å². The minimum absolute atomic E-state index is 0.112. The van der Waals surface area contributed by atoms with Gasteiger partial charge < -0.3 is 15.4 Å². The van der Waals surface area contributed by atoms with Gasteiger partial charge in [0.1, 0.15) is 11.6 Å². The molecule has 4 amide bonds. The number of benzene rings is 3. The lowest BCUT2D eigenvalue weighted by molar-refractivity contribution is -0.274. The molecule has 4 aromatic rings. The number of carbonyl (C=O) groups is 3. The Bertz CT molecular complexity index is 1940. The smallest absolute Gasteiger partial charge is 0.406 e. The molecule has 5 rings (SSSR count). The van der Waals surface area contributed by atoms with Crippen LogP contribution in [-0.4, -0.2) is 44.9 Å². The Hall–Kier alpha value is -4.82. The molecule has 0 bridgehead atoms. The molecular weight excluding hydrogens is 669 g/mol. The van der Waals surface area contributed by atoms with Crippen molar-refractivity contribution < 1.29 is 32.3 Å². The predicted molar refractivity (Wildman–Crippen MR) is 181 cm³/mol. The van der Waals surface area contributed by atoms with Gasteiger partial charge in [-0.15, -0.1) is 13.2 Å². The van der Waals surface area contributed by atoms with E-state index in [0.29, 0.717) is 28.3 Å². The third-order valence-corrected chi connectivity index (χ3v) is 8.60. The second kappa shape index (κ2) is 13.7. The van der Waals surface area contributed by atoms with Crippen LogP contribution >= 0.6 is 23.4 Å². The summed E-state index contributed by atoms with van der Waals surface area (Å²) >= 11 is 7.74. The Morgan fingerprint density at radius 1 is 1.04 bits per heavy atom. The Balaban J connectivity index is 1.31. The first-order valence-corrected chi connectivity index (χ1v) is 15.9. The van der Waals surface area contributed by atoms with Crippen molar-refractivity contribution in [3.8, 4) is 17.0 Å². The van der Waals surface area contributed by atoms with E-state index in [2.05, 4.69) is 25.5 Å². The van der Waals surface area contributed by atoms with Crippen LogP contribution in [0.4, 0.5) is 35.2 Å². The van der Waals surface area contributed by atoms with Gasteiger partial charge in [-0.3, -0.25) is 19.2 Å². The number of alkyl halides is 3. The zero-order valence-electron chi connectivity index (χ0n) is 26.4. The Morgan fingerprint density at radius 2 is 1.75 bits per heavy atom. The van der Waals surface area contributed by atoms with Gasteiger partial charge in [-0.05, 0) is 73.4 Å². The number of hydrogen-bond donors (Lipinski definition) is 2. The number of hydrogen-bond acceptors (Lipinski definition) is 6. The molecule has 1 aliphatic rings. The summed E-state index contributed by atoms with van der Waals surface area (Å²) in [5.41, 5.74) is 4.72. The lowest BCUT2D eigenvalue weighted by atomic mass is 9.99. The summed E-state index contributed by atoms with van der Waals surface area (Å²) in [5, 5.41) is 10.4. The molecule has 48 heavy (non-hydrogen) atoms. The van der Waals surface area contributed by atoms with Crippen molar-refractivity contribution in [3.05, 3.63) is 87.9 Å². The summed E-state index contributed by atoms with van der Waals surface area (Å²) in [4.78, 5) is 44.4. The van der Waals surface area contributed by atoms with Crippen molar-refractivity contribution in [1.82, 2.24) is 9.78 Å². The Labute approximate surface area is 283 Å². The van der Waals surface area contributed by atoms with Gasteiger partial charge in [0.15, 0.2) is 5.17 Å². The highest BCUT2D eigenvalue weighted by molar-refractivity contribution is 8.15. The molecule has 0 unspecified atom stereocenters. The summed E-state index contributed by atoms with van der Waals surface area (Å²) in [6.07, 6.45) is -4.84. The van der Waals surface area contributed by atoms with Gasteiger partial charge in [-0.25, -0.2) is 4.79 Å². The SMILES string of the molecule is Cc1ccc(C(C)C)c(N2C(=O)CS/C2=N\C(=O)Nc2ccc(-c3nn(C)c(NC(=O)c4ccc(OC(F)(F)F)cc4)c3C)cc2Cl)c1. The maximum atomic E-state index is 13.0. The number of aliphatic imine (C=N–C) groups is 1. The quantitative estimate of drug-likeness (QED) is 0.201. The number of nitrogens with one attached hydrogen (secondary N) is 2. The van der Waals surface area contributed by atoms with Crippen LogP contribution in [0, 0.1) is 13.8 Å². The zero-order chi connectivity index (χ0) is 34.9. The van der Waals surface area contributed by atoms with Crippen LogP contribution < -0.4 is 20.3 Å². The molecule has 10 nitrogen and oxygen atoms in total. The normalized spacial score (nSPS) is 14.2. The predicted octanol–water partition coefficient (Wildman–Crippen LogP) is 8.30. The van der Waals surface area contributed by atoms with Gasteiger partial charge in [0.2, 0.25) is 5.91 Å². The van der Waals surface area contributed by atoms with Crippen LogP contribution in [0.25, 0.3) is 11.3 Å². The van der Waals surface area contributed by atoms with Crippen LogP contribution in [-0.2, 0) is 11.8 Å². The van der Waals surface area contributed by atoms with E-state index in [1.54, 1.807) is 32.2 Å².